The zero-order valence-electron chi connectivity index (χ0n) is 8.45. The zero-order chi connectivity index (χ0) is 10.3. The van der Waals surface area contributed by atoms with Gasteiger partial charge in [0.1, 0.15) is 5.56 Å². The van der Waals surface area contributed by atoms with Crippen molar-refractivity contribution in [2.75, 3.05) is 0 Å². The SMILES string of the molecule is CCc1c(C(=O)O)c(C2CC2)nn1C. The highest BCUT2D eigenvalue weighted by Gasteiger charge is 2.33. The van der Waals surface area contributed by atoms with Gasteiger partial charge in [-0.15, -0.1) is 0 Å². The lowest BCUT2D eigenvalue weighted by Crippen LogP contribution is -2.04. The maximum Gasteiger partial charge on any atom is 0.339 e. The molecule has 4 nitrogen and oxygen atoms in total. The number of carbonyl (C=O) groups is 1. The second kappa shape index (κ2) is 3.12. The number of hydrogen-bond donors (Lipinski definition) is 1. The fourth-order valence-corrected chi connectivity index (χ4v) is 1.86. The fraction of sp³-hybridized carbons (Fsp3) is 0.600. The molecular formula is C10H14N2O2. The van der Waals surface area contributed by atoms with Crippen molar-refractivity contribution in [1.82, 2.24) is 9.78 Å². The second-order valence-electron chi connectivity index (χ2n) is 3.76. The summed E-state index contributed by atoms with van der Waals surface area (Å²) in [6.45, 7) is 1.96. The molecule has 2 rings (SSSR count). The van der Waals surface area contributed by atoms with Crippen LogP contribution in [0.3, 0.4) is 0 Å². The molecule has 0 aromatic carbocycles. The van der Waals surface area contributed by atoms with Crippen LogP contribution in [0, 0.1) is 0 Å². The summed E-state index contributed by atoms with van der Waals surface area (Å²) in [4.78, 5) is 11.1. The van der Waals surface area contributed by atoms with Crippen LogP contribution in [0.2, 0.25) is 0 Å². The summed E-state index contributed by atoms with van der Waals surface area (Å²) >= 11 is 0. The van der Waals surface area contributed by atoms with E-state index >= 15 is 0 Å². The molecule has 0 spiro atoms. The molecule has 14 heavy (non-hydrogen) atoms. The summed E-state index contributed by atoms with van der Waals surface area (Å²) in [5, 5.41) is 13.4. The number of aromatic nitrogens is 2. The third-order valence-electron chi connectivity index (χ3n) is 2.71. The first kappa shape index (κ1) is 9.24. The summed E-state index contributed by atoms with van der Waals surface area (Å²) < 4.78 is 1.71. The van der Waals surface area contributed by atoms with E-state index in [1.807, 2.05) is 14.0 Å². The maximum absolute atomic E-state index is 11.1. The molecule has 1 fully saturated rings. The maximum atomic E-state index is 11.1. The Morgan fingerprint density at radius 3 is 2.71 bits per heavy atom. The Balaban J connectivity index is 2.53. The van der Waals surface area contributed by atoms with Crippen LogP contribution in [-0.4, -0.2) is 20.9 Å². The molecule has 0 aliphatic heterocycles. The van der Waals surface area contributed by atoms with E-state index < -0.39 is 5.97 Å². The summed E-state index contributed by atoms with van der Waals surface area (Å²) in [6, 6.07) is 0. The van der Waals surface area contributed by atoms with E-state index in [4.69, 9.17) is 5.11 Å². The van der Waals surface area contributed by atoms with Crippen LogP contribution in [-0.2, 0) is 13.5 Å². The molecule has 1 aliphatic carbocycles. The van der Waals surface area contributed by atoms with Crippen molar-refractivity contribution in [3.63, 3.8) is 0 Å². The van der Waals surface area contributed by atoms with Crippen molar-refractivity contribution in [3.05, 3.63) is 17.0 Å². The molecular weight excluding hydrogens is 180 g/mol. The minimum Gasteiger partial charge on any atom is -0.478 e. The van der Waals surface area contributed by atoms with Crippen LogP contribution in [0.5, 0.6) is 0 Å². The topological polar surface area (TPSA) is 55.1 Å². The van der Waals surface area contributed by atoms with Crippen molar-refractivity contribution >= 4 is 5.97 Å². The molecule has 1 aliphatic rings. The van der Waals surface area contributed by atoms with Gasteiger partial charge in [-0.1, -0.05) is 6.92 Å². The monoisotopic (exact) mass is 194 g/mol. The predicted octanol–water partition coefficient (Wildman–Crippen LogP) is 1.56. The molecule has 0 saturated heterocycles. The van der Waals surface area contributed by atoms with E-state index in [0.29, 0.717) is 11.5 Å². The standard InChI is InChI=1S/C10H14N2O2/c1-3-7-8(10(13)14)9(6-4-5-6)11-12(7)2/h6H,3-5H2,1-2H3,(H,13,14). The Hall–Kier alpha value is -1.32. The van der Waals surface area contributed by atoms with Gasteiger partial charge in [-0.2, -0.15) is 5.10 Å². The molecule has 1 aromatic heterocycles. The molecule has 1 saturated carbocycles. The van der Waals surface area contributed by atoms with E-state index in [1.165, 1.54) is 0 Å². The van der Waals surface area contributed by atoms with Crippen LogP contribution in [0.25, 0.3) is 0 Å². The summed E-state index contributed by atoms with van der Waals surface area (Å²) in [5.41, 5.74) is 2.06. The van der Waals surface area contributed by atoms with Gasteiger partial charge in [0.25, 0.3) is 0 Å². The lowest BCUT2D eigenvalue weighted by molar-refractivity contribution is 0.0694. The average Bonchev–Trinajstić information content (AvgIpc) is 2.89. The number of carboxylic acid groups (broad SMARTS) is 1. The first-order chi connectivity index (χ1) is 6.65. The van der Waals surface area contributed by atoms with E-state index in [1.54, 1.807) is 4.68 Å². The second-order valence-corrected chi connectivity index (χ2v) is 3.76. The van der Waals surface area contributed by atoms with Crippen LogP contribution >= 0.6 is 0 Å². The molecule has 0 radical (unpaired) electrons. The van der Waals surface area contributed by atoms with Crippen molar-refractivity contribution in [3.8, 4) is 0 Å². The molecule has 0 atom stereocenters. The van der Waals surface area contributed by atoms with E-state index in [9.17, 15) is 4.79 Å². The van der Waals surface area contributed by atoms with Gasteiger partial charge in [0, 0.05) is 13.0 Å². The number of carboxylic acids is 1. The molecule has 1 heterocycles. The third kappa shape index (κ3) is 1.31. The van der Waals surface area contributed by atoms with Gasteiger partial charge in [0.15, 0.2) is 0 Å². The largest absolute Gasteiger partial charge is 0.478 e. The van der Waals surface area contributed by atoms with Gasteiger partial charge in [-0.25, -0.2) is 4.79 Å². The Morgan fingerprint density at radius 2 is 2.29 bits per heavy atom. The Labute approximate surface area is 82.5 Å². The number of rotatable bonds is 3. The number of aryl methyl sites for hydroxylation is 1. The normalized spacial score (nSPS) is 15.9. The van der Waals surface area contributed by atoms with Crippen molar-refractivity contribution < 1.29 is 9.90 Å². The molecule has 1 N–H and O–H groups in total. The average molecular weight is 194 g/mol. The van der Waals surface area contributed by atoms with Gasteiger partial charge in [-0.05, 0) is 19.3 Å². The number of aromatic carboxylic acids is 1. The third-order valence-corrected chi connectivity index (χ3v) is 2.71. The minimum absolute atomic E-state index is 0.396. The highest BCUT2D eigenvalue weighted by atomic mass is 16.4. The van der Waals surface area contributed by atoms with Gasteiger partial charge < -0.3 is 5.11 Å². The van der Waals surface area contributed by atoms with Gasteiger partial charge in [0.2, 0.25) is 0 Å². The van der Waals surface area contributed by atoms with Crippen LogP contribution in [0.1, 0.15) is 47.4 Å². The van der Waals surface area contributed by atoms with Gasteiger partial charge in [0.05, 0.1) is 11.4 Å². The molecule has 0 bridgehead atoms. The lowest BCUT2D eigenvalue weighted by atomic mass is 10.1. The zero-order valence-corrected chi connectivity index (χ0v) is 8.45. The molecule has 0 amide bonds. The Bertz CT molecular complexity index is 378. The number of hydrogen-bond acceptors (Lipinski definition) is 2. The first-order valence-electron chi connectivity index (χ1n) is 4.94. The predicted molar refractivity (Wildman–Crippen MR) is 51.5 cm³/mol. The van der Waals surface area contributed by atoms with E-state index in [0.717, 1.165) is 30.7 Å². The quantitative estimate of drug-likeness (QED) is 0.794. The number of nitrogens with zero attached hydrogens (tertiary/aromatic N) is 2. The minimum atomic E-state index is -0.836. The highest BCUT2D eigenvalue weighted by Crippen LogP contribution is 2.41. The van der Waals surface area contributed by atoms with Crippen molar-refractivity contribution in [2.24, 2.45) is 7.05 Å². The van der Waals surface area contributed by atoms with Crippen LogP contribution in [0.15, 0.2) is 0 Å². The van der Waals surface area contributed by atoms with Crippen molar-refractivity contribution in [1.29, 1.82) is 0 Å². The van der Waals surface area contributed by atoms with E-state index in [-0.39, 0.29) is 0 Å². The smallest absolute Gasteiger partial charge is 0.339 e. The molecule has 76 valence electrons. The highest BCUT2D eigenvalue weighted by molar-refractivity contribution is 5.90. The fourth-order valence-electron chi connectivity index (χ4n) is 1.86. The summed E-state index contributed by atoms with van der Waals surface area (Å²) in [6.07, 6.45) is 2.89. The summed E-state index contributed by atoms with van der Waals surface area (Å²) in [5.74, 6) is -0.440. The Kier molecular flexibility index (Phi) is 2.06. The molecule has 0 unspecified atom stereocenters. The van der Waals surface area contributed by atoms with Crippen LogP contribution < -0.4 is 0 Å². The molecule has 4 heteroatoms. The van der Waals surface area contributed by atoms with Crippen LogP contribution in [0.4, 0.5) is 0 Å². The summed E-state index contributed by atoms with van der Waals surface area (Å²) in [7, 11) is 1.82. The lowest BCUT2D eigenvalue weighted by Gasteiger charge is -1.98. The first-order valence-corrected chi connectivity index (χ1v) is 4.94. The van der Waals surface area contributed by atoms with Gasteiger partial charge >= 0.3 is 5.97 Å². The molecule has 1 aromatic rings. The van der Waals surface area contributed by atoms with Gasteiger partial charge in [-0.3, -0.25) is 4.68 Å². The Morgan fingerprint density at radius 1 is 1.64 bits per heavy atom. The van der Waals surface area contributed by atoms with Crippen molar-refractivity contribution in [2.45, 2.75) is 32.1 Å². The van der Waals surface area contributed by atoms with E-state index in [2.05, 4.69) is 5.10 Å².